The Morgan fingerprint density at radius 3 is 2.61 bits per heavy atom. The standard InChI is InChI=1S/C15H18N2S/c1-2-13(16)11-12-5-3-4-6-15(12)18-14-7-9-17-10-8-14/h3-10,13H,2,11,16H2,1H3. The third-order valence-corrected chi connectivity index (χ3v) is 3.98. The van der Waals surface area contributed by atoms with Crippen LogP contribution in [0.25, 0.3) is 0 Å². The van der Waals surface area contributed by atoms with Gasteiger partial charge in [0.15, 0.2) is 0 Å². The maximum Gasteiger partial charge on any atom is 0.0279 e. The Balaban J connectivity index is 2.17. The number of pyridine rings is 1. The molecule has 3 heteroatoms. The molecular weight excluding hydrogens is 240 g/mol. The maximum atomic E-state index is 6.05. The summed E-state index contributed by atoms with van der Waals surface area (Å²) >= 11 is 1.77. The topological polar surface area (TPSA) is 38.9 Å². The van der Waals surface area contributed by atoms with Crippen molar-refractivity contribution in [2.45, 2.75) is 35.6 Å². The monoisotopic (exact) mass is 258 g/mol. The highest BCUT2D eigenvalue weighted by Gasteiger charge is 2.07. The third kappa shape index (κ3) is 3.59. The minimum absolute atomic E-state index is 0.240. The average molecular weight is 258 g/mol. The molecule has 1 aromatic carbocycles. The summed E-state index contributed by atoms with van der Waals surface area (Å²) in [6, 6.07) is 12.8. The molecule has 18 heavy (non-hydrogen) atoms. The summed E-state index contributed by atoms with van der Waals surface area (Å²) in [6.45, 7) is 2.13. The molecule has 2 N–H and O–H groups in total. The van der Waals surface area contributed by atoms with Gasteiger partial charge in [-0.05, 0) is 36.6 Å². The van der Waals surface area contributed by atoms with Crippen LogP contribution in [-0.4, -0.2) is 11.0 Å². The van der Waals surface area contributed by atoms with E-state index in [1.54, 1.807) is 11.8 Å². The van der Waals surface area contributed by atoms with Gasteiger partial charge in [0.05, 0.1) is 0 Å². The highest BCUT2D eigenvalue weighted by Crippen LogP contribution is 2.30. The fraction of sp³-hybridized carbons (Fsp3) is 0.267. The van der Waals surface area contributed by atoms with Crippen LogP contribution in [0.2, 0.25) is 0 Å². The summed E-state index contributed by atoms with van der Waals surface area (Å²) in [4.78, 5) is 6.53. The van der Waals surface area contributed by atoms with E-state index in [0.717, 1.165) is 12.8 Å². The van der Waals surface area contributed by atoms with Gasteiger partial charge in [0, 0.05) is 28.2 Å². The Morgan fingerprint density at radius 2 is 1.89 bits per heavy atom. The van der Waals surface area contributed by atoms with Crippen molar-refractivity contribution < 1.29 is 0 Å². The van der Waals surface area contributed by atoms with Crippen molar-refractivity contribution in [2.75, 3.05) is 0 Å². The van der Waals surface area contributed by atoms with E-state index in [1.807, 2.05) is 24.5 Å². The van der Waals surface area contributed by atoms with Gasteiger partial charge in [-0.15, -0.1) is 0 Å². The molecule has 2 aromatic rings. The fourth-order valence-corrected chi connectivity index (χ4v) is 2.67. The van der Waals surface area contributed by atoms with Gasteiger partial charge in [-0.3, -0.25) is 4.98 Å². The van der Waals surface area contributed by atoms with Crippen molar-refractivity contribution in [3.05, 3.63) is 54.4 Å². The van der Waals surface area contributed by atoms with Crippen molar-refractivity contribution in [3.8, 4) is 0 Å². The molecule has 2 rings (SSSR count). The van der Waals surface area contributed by atoms with Crippen LogP contribution < -0.4 is 5.73 Å². The van der Waals surface area contributed by atoms with Crippen molar-refractivity contribution in [2.24, 2.45) is 5.73 Å². The second-order valence-electron chi connectivity index (χ2n) is 4.27. The molecule has 1 heterocycles. The number of hydrogen-bond donors (Lipinski definition) is 1. The van der Waals surface area contributed by atoms with Gasteiger partial charge in [-0.25, -0.2) is 0 Å². The predicted molar refractivity (Wildman–Crippen MR) is 76.8 cm³/mol. The number of rotatable bonds is 5. The molecule has 0 fully saturated rings. The van der Waals surface area contributed by atoms with Gasteiger partial charge in [-0.2, -0.15) is 0 Å². The van der Waals surface area contributed by atoms with E-state index in [1.165, 1.54) is 15.4 Å². The molecule has 1 atom stereocenters. The Hall–Kier alpha value is -1.32. The van der Waals surface area contributed by atoms with Crippen LogP contribution in [0.4, 0.5) is 0 Å². The molecule has 2 nitrogen and oxygen atoms in total. The maximum absolute atomic E-state index is 6.05. The summed E-state index contributed by atoms with van der Waals surface area (Å²) in [7, 11) is 0. The third-order valence-electron chi connectivity index (χ3n) is 2.86. The lowest BCUT2D eigenvalue weighted by atomic mass is 10.1. The molecule has 0 radical (unpaired) electrons. The average Bonchev–Trinajstić information content (AvgIpc) is 2.42. The smallest absolute Gasteiger partial charge is 0.0279 e. The molecule has 0 amide bonds. The molecule has 0 spiro atoms. The molecule has 0 aliphatic heterocycles. The Morgan fingerprint density at radius 1 is 1.17 bits per heavy atom. The largest absolute Gasteiger partial charge is 0.327 e. The molecular formula is C15H18N2S. The number of nitrogens with two attached hydrogens (primary N) is 1. The van der Waals surface area contributed by atoms with Crippen LogP contribution in [-0.2, 0) is 6.42 Å². The van der Waals surface area contributed by atoms with Crippen LogP contribution >= 0.6 is 11.8 Å². The molecule has 0 bridgehead atoms. The second kappa shape index (κ2) is 6.57. The quantitative estimate of drug-likeness (QED) is 0.892. The number of hydrogen-bond acceptors (Lipinski definition) is 3. The Kier molecular flexibility index (Phi) is 4.79. The van der Waals surface area contributed by atoms with Gasteiger partial charge in [0.2, 0.25) is 0 Å². The number of aromatic nitrogens is 1. The van der Waals surface area contributed by atoms with Gasteiger partial charge in [0.1, 0.15) is 0 Å². The van der Waals surface area contributed by atoms with E-state index < -0.39 is 0 Å². The van der Waals surface area contributed by atoms with Crippen molar-refractivity contribution in [1.29, 1.82) is 0 Å². The van der Waals surface area contributed by atoms with Crippen LogP contribution in [0, 0.1) is 0 Å². The molecule has 1 aromatic heterocycles. The van der Waals surface area contributed by atoms with E-state index in [2.05, 4.69) is 36.2 Å². The zero-order valence-corrected chi connectivity index (χ0v) is 11.4. The first-order valence-electron chi connectivity index (χ1n) is 6.21. The van der Waals surface area contributed by atoms with E-state index in [4.69, 9.17) is 5.73 Å². The van der Waals surface area contributed by atoms with E-state index in [9.17, 15) is 0 Å². The van der Waals surface area contributed by atoms with Gasteiger partial charge in [-0.1, -0.05) is 36.9 Å². The molecule has 1 unspecified atom stereocenters. The summed E-state index contributed by atoms with van der Waals surface area (Å²) in [5.74, 6) is 0. The lowest BCUT2D eigenvalue weighted by molar-refractivity contribution is 0.641. The van der Waals surface area contributed by atoms with Crippen molar-refractivity contribution in [1.82, 2.24) is 4.98 Å². The zero-order chi connectivity index (χ0) is 12.8. The lowest BCUT2D eigenvalue weighted by Crippen LogP contribution is -2.21. The number of nitrogens with zero attached hydrogens (tertiary/aromatic N) is 1. The van der Waals surface area contributed by atoms with E-state index >= 15 is 0 Å². The highest BCUT2D eigenvalue weighted by molar-refractivity contribution is 7.99. The molecule has 94 valence electrons. The molecule has 0 aliphatic carbocycles. The fourth-order valence-electron chi connectivity index (χ4n) is 1.73. The van der Waals surface area contributed by atoms with Crippen LogP contribution in [0.5, 0.6) is 0 Å². The van der Waals surface area contributed by atoms with Gasteiger partial charge in [0.25, 0.3) is 0 Å². The summed E-state index contributed by atoms with van der Waals surface area (Å²) < 4.78 is 0. The first-order valence-corrected chi connectivity index (χ1v) is 7.02. The summed E-state index contributed by atoms with van der Waals surface area (Å²) in [5, 5.41) is 0. The highest BCUT2D eigenvalue weighted by atomic mass is 32.2. The first kappa shape index (κ1) is 13.1. The summed E-state index contributed by atoms with van der Waals surface area (Å²) in [5.41, 5.74) is 7.38. The zero-order valence-electron chi connectivity index (χ0n) is 10.5. The van der Waals surface area contributed by atoms with E-state index in [-0.39, 0.29) is 6.04 Å². The molecule has 0 saturated carbocycles. The summed E-state index contributed by atoms with van der Waals surface area (Å²) in [6.07, 6.45) is 5.59. The van der Waals surface area contributed by atoms with Crippen molar-refractivity contribution in [3.63, 3.8) is 0 Å². The minimum Gasteiger partial charge on any atom is -0.327 e. The van der Waals surface area contributed by atoms with Crippen molar-refractivity contribution >= 4 is 11.8 Å². The van der Waals surface area contributed by atoms with E-state index in [0.29, 0.717) is 0 Å². The number of benzene rings is 1. The molecule has 0 saturated heterocycles. The minimum atomic E-state index is 0.240. The van der Waals surface area contributed by atoms with Crippen LogP contribution in [0.1, 0.15) is 18.9 Å². The predicted octanol–water partition coefficient (Wildman–Crippen LogP) is 3.51. The second-order valence-corrected chi connectivity index (χ2v) is 5.38. The molecule has 0 aliphatic rings. The lowest BCUT2D eigenvalue weighted by Gasteiger charge is -2.12. The van der Waals surface area contributed by atoms with Gasteiger partial charge < -0.3 is 5.73 Å². The SMILES string of the molecule is CCC(N)Cc1ccccc1Sc1ccncc1. The Bertz CT molecular complexity index is 485. The normalized spacial score (nSPS) is 12.3. The van der Waals surface area contributed by atoms with Crippen LogP contribution in [0.3, 0.4) is 0 Å². The Labute approximate surface area is 113 Å². The first-order chi connectivity index (χ1) is 8.79. The van der Waals surface area contributed by atoms with Crippen LogP contribution in [0.15, 0.2) is 58.6 Å². The van der Waals surface area contributed by atoms with Gasteiger partial charge >= 0.3 is 0 Å².